The van der Waals surface area contributed by atoms with Crippen LogP contribution in [0.4, 0.5) is 5.82 Å². The fraction of sp³-hybridized carbons (Fsp3) is 0.357. The summed E-state index contributed by atoms with van der Waals surface area (Å²) in [5.41, 5.74) is 2.18. The summed E-state index contributed by atoms with van der Waals surface area (Å²) in [7, 11) is 0. The Hall–Kier alpha value is -3.01. The molecule has 1 aromatic carbocycles. The van der Waals surface area contributed by atoms with Crippen molar-refractivity contribution >= 4 is 51.7 Å². The zero-order chi connectivity index (χ0) is 25.4. The highest BCUT2D eigenvalue weighted by Gasteiger charge is 2.38. The van der Waals surface area contributed by atoms with Crippen LogP contribution >= 0.6 is 24.0 Å². The summed E-state index contributed by atoms with van der Waals surface area (Å²) in [5, 5.41) is 0. The van der Waals surface area contributed by atoms with Gasteiger partial charge in [0.2, 0.25) is 0 Å². The first-order valence-electron chi connectivity index (χ1n) is 12.9. The quantitative estimate of drug-likeness (QED) is 0.362. The van der Waals surface area contributed by atoms with E-state index in [4.69, 9.17) is 17.2 Å². The van der Waals surface area contributed by atoms with E-state index >= 15 is 0 Å². The third-order valence-corrected chi connectivity index (χ3v) is 8.79. The van der Waals surface area contributed by atoms with E-state index in [2.05, 4.69) is 34.1 Å². The monoisotopic (exact) mass is 531 g/mol. The lowest BCUT2D eigenvalue weighted by Gasteiger charge is -2.36. The van der Waals surface area contributed by atoms with Crippen molar-refractivity contribution in [3.63, 3.8) is 0 Å². The summed E-state index contributed by atoms with van der Waals surface area (Å²) >= 11 is 6.90. The van der Waals surface area contributed by atoms with Gasteiger partial charge in [-0.1, -0.05) is 73.2 Å². The van der Waals surface area contributed by atoms with E-state index in [0.717, 1.165) is 58.4 Å². The lowest BCUT2D eigenvalue weighted by molar-refractivity contribution is -0.123. The summed E-state index contributed by atoms with van der Waals surface area (Å²) < 4.78 is 2.15. The normalized spacial score (nSPS) is 20.6. The average molecular weight is 532 g/mol. The molecule has 0 radical (unpaired) electrons. The summed E-state index contributed by atoms with van der Waals surface area (Å²) in [4.78, 5) is 38.9. The molecule has 190 valence electrons. The zero-order valence-corrected chi connectivity index (χ0v) is 22.2. The Morgan fingerprint density at radius 1 is 0.973 bits per heavy atom. The topological polar surface area (TPSA) is 61.2 Å². The third-order valence-electron chi connectivity index (χ3n) is 7.46. The molecule has 6 rings (SSSR count). The Morgan fingerprint density at radius 2 is 1.70 bits per heavy atom. The predicted octanol–water partition coefficient (Wildman–Crippen LogP) is 4.16. The number of piperazine rings is 1. The van der Waals surface area contributed by atoms with Crippen molar-refractivity contribution in [2.45, 2.75) is 38.3 Å². The number of hydrogen-bond acceptors (Lipinski definition) is 7. The van der Waals surface area contributed by atoms with Crippen molar-refractivity contribution in [2.75, 3.05) is 31.1 Å². The number of benzene rings is 1. The molecule has 7 nitrogen and oxygen atoms in total. The molecule has 2 saturated heterocycles. The number of nitrogens with zero attached hydrogens (tertiary/aromatic N) is 5. The minimum Gasteiger partial charge on any atom is -0.353 e. The van der Waals surface area contributed by atoms with E-state index in [1.54, 1.807) is 21.6 Å². The molecule has 2 aromatic heterocycles. The lowest BCUT2D eigenvalue weighted by Crippen LogP contribution is -2.47. The van der Waals surface area contributed by atoms with Gasteiger partial charge in [-0.05, 0) is 36.6 Å². The second-order valence-electron chi connectivity index (χ2n) is 9.82. The Labute approximate surface area is 225 Å². The van der Waals surface area contributed by atoms with Crippen LogP contribution in [0.15, 0.2) is 64.4 Å². The van der Waals surface area contributed by atoms with Gasteiger partial charge in [-0.15, -0.1) is 0 Å². The summed E-state index contributed by atoms with van der Waals surface area (Å²) in [5.74, 6) is 0.555. The van der Waals surface area contributed by atoms with Crippen molar-refractivity contribution in [3.8, 4) is 0 Å². The first-order valence-corrected chi connectivity index (χ1v) is 14.1. The van der Waals surface area contributed by atoms with Gasteiger partial charge in [0.25, 0.3) is 11.5 Å². The average Bonchev–Trinajstić information content (AvgIpc) is 3.54. The number of thioether (sulfide) groups is 1. The van der Waals surface area contributed by atoms with Crippen molar-refractivity contribution in [2.24, 2.45) is 0 Å². The van der Waals surface area contributed by atoms with Gasteiger partial charge in [0.1, 0.15) is 15.8 Å². The first kappa shape index (κ1) is 24.3. The van der Waals surface area contributed by atoms with Gasteiger partial charge in [0.15, 0.2) is 0 Å². The van der Waals surface area contributed by atoms with E-state index in [1.165, 1.54) is 17.3 Å². The van der Waals surface area contributed by atoms with E-state index in [9.17, 15) is 9.59 Å². The molecule has 3 fully saturated rings. The molecule has 0 atom stereocenters. The van der Waals surface area contributed by atoms with E-state index in [-0.39, 0.29) is 17.5 Å². The molecule has 1 saturated carbocycles. The second-order valence-corrected chi connectivity index (χ2v) is 11.5. The van der Waals surface area contributed by atoms with Gasteiger partial charge in [-0.2, -0.15) is 0 Å². The number of pyridine rings is 1. The van der Waals surface area contributed by atoms with Crippen LogP contribution in [0.25, 0.3) is 11.7 Å². The fourth-order valence-corrected chi connectivity index (χ4v) is 6.89. The van der Waals surface area contributed by atoms with Crippen LogP contribution in [-0.4, -0.2) is 61.6 Å². The molecule has 0 bridgehead atoms. The van der Waals surface area contributed by atoms with Gasteiger partial charge >= 0.3 is 0 Å². The number of aromatic nitrogens is 2. The smallest absolute Gasteiger partial charge is 0.267 e. The van der Waals surface area contributed by atoms with Gasteiger partial charge in [0.05, 0.1) is 10.5 Å². The second kappa shape index (κ2) is 10.4. The highest BCUT2D eigenvalue weighted by Crippen LogP contribution is 2.38. The maximum atomic E-state index is 13.7. The zero-order valence-electron chi connectivity index (χ0n) is 20.6. The minimum absolute atomic E-state index is 0.0851. The molecular formula is C28H29N5O2S2. The molecule has 1 amide bonds. The van der Waals surface area contributed by atoms with Crippen LogP contribution in [0.2, 0.25) is 0 Å². The third kappa shape index (κ3) is 4.83. The molecule has 0 spiro atoms. The molecule has 4 heterocycles. The Bertz CT molecular complexity index is 1420. The maximum Gasteiger partial charge on any atom is 0.267 e. The van der Waals surface area contributed by atoms with Crippen molar-refractivity contribution < 1.29 is 4.79 Å². The number of amides is 1. The van der Waals surface area contributed by atoms with E-state index < -0.39 is 0 Å². The molecular weight excluding hydrogens is 502 g/mol. The predicted molar refractivity (Wildman–Crippen MR) is 153 cm³/mol. The molecule has 0 unspecified atom stereocenters. The minimum atomic E-state index is -0.168. The maximum absolute atomic E-state index is 13.7. The first-order chi connectivity index (χ1) is 18.1. The van der Waals surface area contributed by atoms with Crippen molar-refractivity contribution in [1.29, 1.82) is 0 Å². The standard InChI is InChI=1S/C28H29N5O2S2/c34-26-22(18-23-27(35)33(28(36)37-23)21-10-4-5-11-21)25(29-24-12-6-7-13-32(24)26)31-16-14-30(15-17-31)19-20-8-2-1-3-9-20/h1-3,6-9,12-13,18,21H,4-5,10-11,14-17,19H2/b23-18+. The Balaban J connectivity index is 1.31. The molecule has 37 heavy (non-hydrogen) atoms. The molecule has 9 heteroatoms. The van der Waals surface area contributed by atoms with Gasteiger partial charge in [-0.3, -0.25) is 23.8 Å². The van der Waals surface area contributed by atoms with Crippen LogP contribution in [0.5, 0.6) is 0 Å². The van der Waals surface area contributed by atoms with Crippen LogP contribution in [0.1, 0.15) is 36.8 Å². The fourth-order valence-electron chi connectivity index (χ4n) is 5.51. The Kier molecular flexibility index (Phi) is 6.84. The van der Waals surface area contributed by atoms with Crippen LogP contribution in [0.3, 0.4) is 0 Å². The molecule has 3 aliphatic rings. The number of anilines is 1. The van der Waals surface area contributed by atoms with Crippen LogP contribution in [-0.2, 0) is 11.3 Å². The summed E-state index contributed by atoms with van der Waals surface area (Å²) in [6, 6.07) is 16.2. The van der Waals surface area contributed by atoms with Crippen molar-refractivity contribution in [1.82, 2.24) is 19.2 Å². The van der Waals surface area contributed by atoms with Crippen LogP contribution in [0, 0.1) is 0 Å². The highest BCUT2D eigenvalue weighted by molar-refractivity contribution is 8.26. The number of thiocarbonyl (C=S) groups is 1. The summed E-state index contributed by atoms with van der Waals surface area (Å²) in [6.07, 6.45) is 7.67. The SMILES string of the molecule is O=C1/C(=C\c2c(N3CCN(Cc4ccccc4)CC3)nc3ccccn3c2=O)SC(=S)N1C1CCCC1. The lowest BCUT2D eigenvalue weighted by atomic mass is 10.1. The van der Waals surface area contributed by atoms with Crippen LogP contribution < -0.4 is 10.5 Å². The molecule has 3 aromatic rings. The number of rotatable bonds is 5. The molecule has 1 aliphatic carbocycles. The largest absolute Gasteiger partial charge is 0.353 e. The number of carbonyl (C=O) groups excluding carboxylic acids is 1. The Morgan fingerprint density at radius 3 is 2.46 bits per heavy atom. The van der Waals surface area contributed by atoms with Gasteiger partial charge in [0, 0.05) is 45.0 Å². The molecule has 0 N–H and O–H groups in total. The highest BCUT2D eigenvalue weighted by atomic mass is 32.2. The molecule has 2 aliphatic heterocycles. The number of fused-ring (bicyclic) bond motifs is 1. The summed E-state index contributed by atoms with van der Waals surface area (Å²) in [6.45, 7) is 4.15. The van der Waals surface area contributed by atoms with Crippen molar-refractivity contribution in [3.05, 3.63) is 81.1 Å². The number of carbonyl (C=O) groups is 1. The van der Waals surface area contributed by atoms with Gasteiger partial charge < -0.3 is 4.90 Å². The number of hydrogen-bond donors (Lipinski definition) is 0. The van der Waals surface area contributed by atoms with E-state index in [1.807, 2.05) is 24.3 Å². The van der Waals surface area contributed by atoms with E-state index in [0.29, 0.717) is 26.3 Å². The van der Waals surface area contributed by atoms with Gasteiger partial charge in [-0.25, -0.2) is 4.98 Å².